The van der Waals surface area contributed by atoms with Crippen LogP contribution in [0.15, 0.2) is 57.6 Å². The van der Waals surface area contributed by atoms with E-state index >= 15 is 0 Å². The second-order valence-electron chi connectivity index (χ2n) is 4.41. The molecule has 0 saturated heterocycles. The van der Waals surface area contributed by atoms with Gasteiger partial charge in [0.15, 0.2) is 0 Å². The van der Waals surface area contributed by atoms with Crippen molar-refractivity contribution < 1.29 is 4.42 Å². The zero-order valence-corrected chi connectivity index (χ0v) is 12.7. The van der Waals surface area contributed by atoms with Gasteiger partial charge in [0.1, 0.15) is 0 Å². The number of nitrogens with zero attached hydrogens (tertiary/aromatic N) is 3. The first-order valence-electron chi connectivity index (χ1n) is 6.51. The molecule has 1 N–H and O–H groups in total. The van der Waals surface area contributed by atoms with Crippen LogP contribution in [0.25, 0.3) is 11.5 Å². The summed E-state index contributed by atoms with van der Waals surface area (Å²) in [6, 6.07) is 13.6. The minimum Gasteiger partial charge on any atom is -0.419 e. The van der Waals surface area contributed by atoms with Crippen LogP contribution in [0.3, 0.4) is 0 Å². The molecule has 0 aliphatic heterocycles. The maximum atomic E-state index is 5.65. The highest BCUT2D eigenvalue weighted by atomic mass is 79.9. The SMILES string of the molecule is Brc1ccccc1-c1nnc(CNCc2ccccn2)o1. The maximum Gasteiger partial charge on any atom is 0.248 e. The van der Waals surface area contributed by atoms with Gasteiger partial charge in [0, 0.05) is 17.2 Å². The van der Waals surface area contributed by atoms with Gasteiger partial charge in [-0.15, -0.1) is 10.2 Å². The highest BCUT2D eigenvalue weighted by molar-refractivity contribution is 9.10. The largest absolute Gasteiger partial charge is 0.419 e. The molecule has 2 aromatic heterocycles. The van der Waals surface area contributed by atoms with Gasteiger partial charge >= 0.3 is 0 Å². The molecule has 0 aliphatic rings. The van der Waals surface area contributed by atoms with Crippen molar-refractivity contribution in [3.63, 3.8) is 0 Å². The van der Waals surface area contributed by atoms with Gasteiger partial charge in [-0.2, -0.15) is 0 Å². The van der Waals surface area contributed by atoms with E-state index in [2.05, 4.69) is 36.4 Å². The number of hydrogen-bond donors (Lipinski definition) is 1. The molecule has 3 rings (SSSR count). The fraction of sp³-hybridized carbons (Fsp3) is 0.133. The summed E-state index contributed by atoms with van der Waals surface area (Å²) in [5.41, 5.74) is 1.86. The maximum absolute atomic E-state index is 5.65. The fourth-order valence-electron chi connectivity index (χ4n) is 1.87. The lowest BCUT2D eigenvalue weighted by Gasteiger charge is -2.00. The van der Waals surface area contributed by atoms with Gasteiger partial charge < -0.3 is 9.73 Å². The molecule has 5 nitrogen and oxygen atoms in total. The monoisotopic (exact) mass is 344 g/mol. The summed E-state index contributed by atoms with van der Waals surface area (Å²) >= 11 is 3.47. The number of rotatable bonds is 5. The molecule has 106 valence electrons. The van der Waals surface area contributed by atoms with E-state index in [4.69, 9.17) is 4.42 Å². The molecule has 0 saturated carbocycles. The Morgan fingerprint density at radius 3 is 2.67 bits per heavy atom. The van der Waals surface area contributed by atoms with Crippen molar-refractivity contribution in [3.05, 3.63) is 64.7 Å². The summed E-state index contributed by atoms with van der Waals surface area (Å²) in [4.78, 5) is 4.24. The van der Waals surface area contributed by atoms with Crippen molar-refractivity contribution in [3.8, 4) is 11.5 Å². The molecule has 0 radical (unpaired) electrons. The molecule has 0 aliphatic carbocycles. The van der Waals surface area contributed by atoms with Crippen molar-refractivity contribution in [1.29, 1.82) is 0 Å². The fourth-order valence-corrected chi connectivity index (χ4v) is 2.32. The number of benzene rings is 1. The number of pyridine rings is 1. The highest BCUT2D eigenvalue weighted by Crippen LogP contribution is 2.26. The molecule has 0 spiro atoms. The van der Waals surface area contributed by atoms with Gasteiger partial charge in [-0.25, -0.2) is 0 Å². The van der Waals surface area contributed by atoms with Crippen LogP contribution in [0, 0.1) is 0 Å². The Morgan fingerprint density at radius 1 is 1.00 bits per heavy atom. The van der Waals surface area contributed by atoms with E-state index in [0.717, 1.165) is 15.7 Å². The zero-order valence-electron chi connectivity index (χ0n) is 11.2. The average molecular weight is 345 g/mol. The van der Waals surface area contributed by atoms with Crippen molar-refractivity contribution in [2.24, 2.45) is 0 Å². The van der Waals surface area contributed by atoms with Crippen molar-refractivity contribution in [2.75, 3.05) is 0 Å². The number of hydrogen-bond acceptors (Lipinski definition) is 5. The molecular formula is C15H13BrN4O. The Bertz CT molecular complexity index is 714. The number of nitrogens with one attached hydrogen (secondary N) is 1. The summed E-state index contributed by atoms with van der Waals surface area (Å²) in [6.07, 6.45) is 1.77. The average Bonchev–Trinajstić information content (AvgIpc) is 2.97. The lowest BCUT2D eigenvalue weighted by molar-refractivity contribution is 0.476. The van der Waals surface area contributed by atoms with Crippen LogP contribution in [0.5, 0.6) is 0 Å². The van der Waals surface area contributed by atoms with Gasteiger partial charge in [0.05, 0.1) is 17.8 Å². The van der Waals surface area contributed by atoms with Crippen LogP contribution >= 0.6 is 15.9 Å². The van der Waals surface area contributed by atoms with E-state index in [1.807, 2.05) is 42.5 Å². The van der Waals surface area contributed by atoms with Crippen LogP contribution in [0.4, 0.5) is 0 Å². The van der Waals surface area contributed by atoms with Gasteiger partial charge in [-0.05, 0) is 40.2 Å². The van der Waals surface area contributed by atoms with E-state index in [1.54, 1.807) is 6.20 Å². The lowest BCUT2D eigenvalue weighted by Crippen LogP contribution is -2.13. The number of aromatic nitrogens is 3. The van der Waals surface area contributed by atoms with Crippen molar-refractivity contribution >= 4 is 15.9 Å². The third-order valence-corrected chi connectivity index (χ3v) is 3.57. The molecule has 6 heteroatoms. The molecule has 0 fully saturated rings. The van der Waals surface area contributed by atoms with Crippen molar-refractivity contribution in [1.82, 2.24) is 20.5 Å². The molecule has 21 heavy (non-hydrogen) atoms. The minimum absolute atomic E-state index is 0.508. The summed E-state index contributed by atoms with van der Waals surface area (Å²) in [6.45, 7) is 1.17. The Labute approximate surface area is 130 Å². The molecule has 3 aromatic rings. The van der Waals surface area contributed by atoms with E-state index < -0.39 is 0 Å². The van der Waals surface area contributed by atoms with Crippen molar-refractivity contribution in [2.45, 2.75) is 13.1 Å². The minimum atomic E-state index is 0.508. The van der Waals surface area contributed by atoms with Gasteiger partial charge in [-0.3, -0.25) is 4.98 Å². The van der Waals surface area contributed by atoms with Crippen LogP contribution in [-0.2, 0) is 13.1 Å². The summed E-state index contributed by atoms with van der Waals surface area (Å²) in [5, 5.41) is 11.3. The summed E-state index contributed by atoms with van der Waals surface area (Å²) < 4.78 is 6.59. The summed E-state index contributed by atoms with van der Waals surface area (Å²) in [5.74, 6) is 1.06. The number of halogens is 1. The second kappa shape index (κ2) is 6.60. The Hall–Kier alpha value is -2.05. The van der Waals surface area contributed by atoms with Crippen LogP contribution < -0.4 is 5.32 Å². The Balaban J connectivity index is 1.62. The standard InChI is InChI=1S/C15H13BrN4O/c16-13-7-2-1-6-12(13)15-20-19-14(21-15)10-17-9-11-5-3-4-8-18-11/h1-8,17H,9-10H2. The quantitative estimate of drug-likeness (QED) is 0.769. The molecule has 1 aromatic carbocycles. The van der Waals surface area contributed by atoms with Gasteiger partial charge in [-0.1, -0.05) is 18.2 Å². The van der Waals surface area contributed by atoms with Crippen LogP contribution in [-0.4, -0.2) is 15.2 Å². The Kier molecular flexibility index (Phi) is 4.37. The van der Waals surface area contributed by atoms with E-state index in [0.29, 0.717) is 24.9 Å². The van der Waals surface area contributed by atoms with Gasteiger partial charge in [0.2, 0.25) is 11.8 Å². The topological polar surface area (TPSA) is 63.8 Å². The third-order valence-electron chi connectivity index (χ3n) is 2.88. The van der Waals surface area contributed by atoms with E-state index in [9.17, 15) is 0 Å². The lowest BCUT2D eigenvalue weighted by atomic mass is 10.2. The molecular weight excluding hydrogens is 332 g/mol. The second-order valence-corrected chi connectivity index (χ2v) is 5.26. The molecule has 0 atom stereocenters. The first-order valence-corrected chi connectivity index (χ1v) is 7.30. The normalized spacial score (nSPS) is 10.7. The molecule has 0 bridgehead atoms. The third kappa shape index (κ3) is 3.53. The Morgan fingerprint density at radius 2 is 1.86 bits per heavy atom. The first-order chi connectivity index (χ1) is 10.3. The highest BCUT2D eigenvalue weighted by Gasteiger charge is 2.10. The molecule has 0 amide bonds. The molecule has 0 unspecified atom stereocenters. The van der Waals surface area contributed by atoms with Crippen LogP contribution in [0.1, 0.15) is 11.6 Å². The van der Waals surface area contributed by atoms with Gasteiger partial charge in [0.25, 0.3) is 0 Å². The molecule has 2 heterocycles. The van der Waals surface area contributed by atoms with E-state index in [-0.39, 0.29) is 0 Å². The van der Waals surface area contributed by atoms with E-state index in [1.165, 1.54) is 0 Å². The van der Waals surface area contributed by atoms with Crippen LogP contribution in [0.2, 0.25) is 0 Å². The zero-order chi connectivity index (χ0) is 14.5. The first kappa shape index (κ1) is 13.9. The predicted molar refractivity (Wildman–Crippen MR) is 82.2 cm³/mol. The summed E-state index contributed by atoms with van der Waals surface area (Å²) in [7, 11) is 0. The predicted octanol–water partition coefficient (Wildman–Crippen LogP) is 3.18. The smallest absolute Gasteiger partial charge is 0.248 e.